The maximum atomic E-state index is 13.6. The fourth-order valence-corrected chi connectivity index (χ4v) is 3.61. The highest BCUT2D eigenvalue weighted by atomic mass is 16.2. The van der Waals surface area contributed by atoms with Gasteiger partial charge in [0.05, 0.1) is 5.92 Å². The van der Waals surface area contributed by atoms with E-state index >= 15 is 0 Å². The second kappa shape index (κ2) is 8.57. The summed E-state index contributed by atoms with van der Waals surface area (Å²) < 4.78 is 1.94. The zero-order valence-electron chi connectivity index (χ0n) is 16.3. The van der Waals surface area contributed by atoms with Gasteiger partial charge in [0.1, 0.15) is 11.9 Å². The van der Waals surface area contributed by atoms with Gasteiger partial charge in [0.25, 0.3) is 0 Å². The largest absolute Gasteiger partial charge is 0.341 e. The summed E-state index contributed by atoms with van der Waals surface area (Å²) in [7, 11) is 1.94. The Kier molecular flexibility index (Phi) is 5.52. The molecule has 3 aromatic carbocycles. The van der Waals surface area contributed by atoms with Crippen molar-refractivity contribution in [3.05, 3.63) is 126 Å². The molecule has 0 aliphatic rings. The lowest BCUT2D eigenvalue weighted by Gasteiger charge is -2.24. The van der Waals surface area contributed by atoms with Crippen LogP contribution >= 0.6 is 0 Å². The molecule has 1 amide bonds. The first-order valence-corrected chi connectivity index (χ1v) is 9.66. The van der Waals surface area contributed by atoms with Crippen LogP contribution < -0.4 is 5.32 Å². The number of benzene rings is 3. The lowest BCUT2D eigenvalue weighted by molar-refractivity contribution is -0.122. The number of imidazole rings is 1. The van der Waals surface area contributed by atoms with Crippen LogP contribution in [0, 0.1) is 0 Å². The maximum Gasteiger partial charge on any atom is 0.232 e. The van der Waals surface area contributed by atoms with Crippen molar-refractivity contribution in [3.63, 3.8) is 0 Å². The van der Waals surface area contributed by atoms with Crippen molar-refractivity contribution in [3.8, 4) is 0 Å². The predicted octanol–water partition coefficient (Wildman–Crippen LogP) is 4.46. The summed E-state index contributed by atoms with van der Waals surface area (Å²) in [5, 5.41) is 3.25. The van der Waals surface area contributed by atoms with Gasteiger partial charge in [-0.2, -0.15) is 0 Å². The molecule has 0 fully saturated rings. The Balaban J connectivity index is 1.72. The summed E-state index contributed by atoms with van der Waals surface area (Å²) in [5.74, 6) is 0.340. The zero-order valence-corrected chi connectivity index (χ0v) is 16.3. The van der Waals surface area contributed by atoms with Crippen molar-refractivity contribution in [1.82, 2.24) is 14.9 Å². The molecule has 4 aromatic rings. The van der Waals surface area contributed by atoms with Gasteiger partial charge in [-0.25, -0.2) is 4.98 Å². The third-order valence-electron chi connectivity index (χ3n) is 5.06. The number of hydrogen-bond acceptors (Lipinski definition) is 2. The summed E-state index contributed by atoms with van der Waals surface area (Å²) in [5.41, 5.74) is 2.92. The van der Waals surface area contributed by atoms with Gasteiger partial charge in [0.15, 0.2) is 0 Å². The Morgan fingerprint density at radius 2 is 1.28 bits per heavy atom. The Bertz CT molecular complexity index is 1020. The molecule has 1 aromatic heterocycles. The average molecular weight is 381 g/mol. The molecule has 144 valence electrons. The molecule has 4 rings (SSSR count). The Labute approximate surface area is 170 Å². The van der Waals surface area contributed by atoms with E-state index in [-0.39, 0.29) is 11.9 Å². The van der Waals surface area contributed by atoms with Crippen LogP contribution in [0.15, 0.2) is 103 Å². The number of nitrogens with zero attached hydrogens (tertiary/aromatic N) is 2. The van der Waals surface area contributed by atoms with E-state index in [0.29, 0.717) is 0 Å². The van der Waals surface area contributed by atoms with Crippen LogP contribution in [0.3, 0.4) is 0 Å². The molecule has 0 spiro atoms. The highest BCUT2D eigenvalue weighted by molar-refractivity contribution is 5.87. The first-order chi connectivity index (χ1) is 14.2. The van der Waals surface area contributed by atoms with E-state index in [1.165, 1.54) is 0 Å². The molecular weight excluding hydrogens is 358 g/mol. The fraction of sp³-hybridized carbons (Fsp3) is 0.120. The van der Waals surface area contributed by atoms with Gasteiger partial charge >= 0.3 is 0 Å². The minimum atomic E-state index is -0.399. The molecule has 1 heterocycles. The van der Waals surface area contributed by atoms with Crippen LogP contribution in [0.25, 0.3) is 0 Å². The van der Waals surface area contributed by atoms with Gasteiger partial charge in [-0.05, 0) is 16.7 Å². The zero-order chi connectivity index (χ0) is 20.1. The Hall–Kier alpha value is -3.66. The van der Waals surface area contributed by atoms with Crippen LogP contribution in [0.5, 0.6) is 0 Å². The van der Waals surface area contributed by atoms with Crippen LogP contribution in [-0.4, -0.2) is 15.5 Å². The summed E-state index contributed by atoms with van der Waals surface area (Å²) >= 11 is 0. The molecule has 1 atom stereocenters. The van der Waals surface area contributed by atoms with Crippen molar-refractivity contribution < 1.29 is 4.79 Å². The van der Waals surface area contributed by atoms with Crippen LogP contribution in [0.4, 0.5) is 0 Å². The van der Waals surface area contributed by atoms with Gasteiger partial charge in [-0.1, -0.05) is 91.0 Å². The molecule has 1 N–H and O–H groups in total. The van der Waals surface area contributed by atoms with Crippen molar-refractivity contribution in [2.45, 2.75) is 12.0 Å². The average Bonchev–Trinajstić information content (AvgIpc) is 3.20. The van der Waals surface area contributed by atoms with Gasteiger partial charge in [-0.3, -0.25) is 4.79 Å². The van der Waals surface area contributed by atoms with Crippen LogP contribution in [0.2, 0.25) is 0 Å². The molecule has 0 aliphatic heterocycles. The normalized spacial score (nSPS) is 11.9. The standard InChI is InChI=1S/C25H23N3O/c1-28-18-17-26-24(28)23(21-15-9-4-10-16-21)27-25(29)22(19-11-5-2-6-12-19)20-13-7-3-8-14-20/h2-18,22-23H,1H3,(H,27,29). The third-order valence-corrected chi connectivity index (χ3v) is 5.06. The molecule has 0 saturated heterocycles. The van der Waals surface area contributed by atoms with Gasteiger partial charge < -0.3 is 9.88 Å². The fourth-order valence-electron chi connectivity index (χ4n) is 3.61. The highest BCUT2D eigenvalue weighted by Crippen LogP contribution is 2.27. The lowest BCUT2D eigenvalue weighted by atomic mass is 9.90. The second-order valence-electron chi connectivity index (χ2n) is 7.00. The first-order valence-electron chi connectivity index (χ1n) is 9.66. The SMILES string of the molecule is Cn1ccnc1C(NC(=O)C(c1ccccc1)c1ccccc1)c1ccccc1. The Morgan fingerprint density at radius 1 is 0.793 bits per heavy atom. The summed E-state index contributed by atoms with van der Waals surface area (Å²) in [6, 6.07) is 29.4. The van der Waals surface area contributed by atoms with Crippen LogP contribution in [-0.2, 0) is 11.8 Å². The maximum absolute atomic E-state index is 13.6. The van der Waals surface area contributed by atoms with Crippen molar-refractivity contribution in [2.24, 2.45) is 7.05 Å². The summed E-state index contributed by atoms with van der Waals surface area (Å²) in [6.07, 6.45) is 3.65. The second-order valence-corrected chi connectivity index (χ2v) is 7.00. The van der Waals surface area contributed by atoms with Crippen molar-refractivity contribution >= 4 is 5.91 Å². The number of carbonyl (C=O) groups is 1. The summed E-state index contributed by atoms with van der Waals surface area (Å²) in [6.45, 7) is 0. The smallest absolute Gasteiger partial charge is 0.232 e. The third kappa shape index (κ3) is 4.11. The van der Waals surface area contributed by atoms with E-state index in [1.807, 2.05) is 109 Å². The topological polar surface area (TPSA) is 46.9 Å². The molecule has 4 heteroatoms. The van der Waals surface area contributed by atoms with E-state index in [9.17, 15) is 4.79 Å². The molecule has 0 radical (unpaired) electrons. The van der Waals surface area contributed by atoms with E-state index in [1.54, 1.807) is 6.20 Å². The number of hydrogen-bond donors (Lipinski definition) is 1. The minimum Gasteiger partial charge on any atom is -0.341 e. The molecular formula is C25H23N3O. The summed E-state index contributed by atoms with van der Waals surface area (Å²) in [4.78, 5) is 18.1. The molecule has 0 aliphatic carbocycles. The molecule has 0 bridgehead atoms. The quantitative estimate of drug-likeness (QED) is 0.536. The van der Waals surface area contributed by atoms with Crippen molar-refractivity contribution in [1.29, 1.82) is 0 Å². The predicted molar refractivity (Wildman–Crippen MR) is 114 cm³/mol. The highest BCUT2D eigenvalue weighted by Gasteiger charge is 2.27. The van der Waals surface area contributed by atoms with E-state index < -0.39 is 5.92 Å². The monoisotopic (exact) mass is 381 g/mol. The molecule has 1 unspecified atom stereocenters. The van der Waals surface area contributed by atoms with Crippen LogP contribution in [0.1, 0.15) is 34.5 Å². The lowest BCUT2D eigenvalue weighted by Crippen LogP contribution is -2.35. The number of nitrogens with one attached hydrogen (secondary N) is 1. The van der Waals surface area contributed by atoms with Gasteiger partial charge in [-0.15, -0.1) is 0 Å². The van der Waals surface area contributed by atoms with Gasteiger partial charge in [0.2, 0.25) is 5.91 Å². The van der Waals surface area contributed by atoms with E-state index in [4.69, 9.17) is 0 Å². The number of amides is 1. The molecule has 0 saturated carbocycles. The minimum absolute atomic E-state index is 0.0562. The first kappa shape index (κ1) is 18.7. The van der Waals surface area contributed by atoms with E-state index in [2.05, 4.69) is 10.3 Å². The van der Waals surface area contributed by atoms with E-state index in [0.717, 1.165) is 22.5 Å². The molecule has 29 heavy (non-hydrogen) atoms. The molecule has 4 nitrogen and oxygen atoms in total. The number of aryl methyl sites for hydroxylation is 1. The Morgan fingerprint density at radius 3 is 1.72 bits per heavy atom. The number of aromatic nitrogens is 2. The number of rotatable bonds is 6. The number of carbonyl (C=O) groups excluding carboxylic acids is 1. The van der Waals surface area contributed by atoms with Crippen molar-refractivity contribution in [2.75, 3.05) is 0 Å². The van der Waals surface area contributed by atoms with Gasteiger partial charge in [0, 0.05) is 19.4 Å².